The number of benzene rings is 2. The minimum Gasteiger partial charge on any atom is -0.507 e. The van der Waals surface area contributed by atoms with Gasteiger partial charge in [-0.25, -0.2) is 9.78 Å². The Morgan fingerprint density at radius 1 is 1.17 bits per heavy atom. The lowest BCUT2D eigenvalue weighted by Gasteiger charge is -2.22. The highest BCUT2D eigenvalue weighted by Gasteiger charge is 2.48. The van der Waals surface area contributed by atoms with Crippen LogP contribution in [0, 0.1) is 24.0 Å². The maximum atomic E-state index is 13.2. The number of Topliss-reactive ketones (excluding diaryl/α,β-unsaturated/α-hetero) is 1. The summed E-state index contributed by atoms with van der Waals surface area (Å²) in [6.45, 7) is 3.41. The molecule has 1 fully saturated rings. The summed E-state index contributed by atoms with van der Waals surface area (Å²) in [6.07, 6.45) is 0. The van der Waals surface area contributed by atoms with Crippen LogP contribution in [0.25, 0.3) is 5.76 Å². The van der Waals surface area contributed by atoms with E-state index in [0.717, 1.165) is 21.8 Å². The number of ether oxygens (including phenoxy) is 1. The summed E-state index contributed by atoms with van der Waals surface area (Å²) in [7, 11) is 1.21. The molecule has 1 aliphatic heterocycles. The monoisotopic (exact) mass is 493 g/mol. The van der Waals surface area contributed by atoms with Crippen LogP contribution in [-0.4, -0.2) is 39.8 Å². The molecule has 4 rings (SSSR count). The van der Waals surface area contributed by atoms with E-state index in [1.165, 1.54) is 31.4 Å². The number of nitro groups is 1. The van der Waals surface area contributed by atoms with Crippen molar-refractivity contribution in [1.29, 1.82) is 0 Å². The first kappa shape index (κ1) is 23.8. The van der Waals surface area contributed by atoms with Gasteiger partial charge in [-0.1, -0.05) is 53.3 Å². The average molecular weight is 493 g/mol. The van der Waals surface area contributed by atoms with Crippen LogP contribution in [0.15, 0.2) is 54.1 Å². The standard InChI is InChI=1S/C24H19N3O7S/c1-12-7-9-14(10-8-12)19(28)17-18(15-5-4-6-16(11-15)27(32)33)26(22(30)20(17)29)24-25-13(2)21(35-24)23(31)34-3/h4-11,18,28H,1-3H3/b19-17+. The van der Waals surface area contributed by atoms with Crippen LogP contribution >= 0.6 is 11.3 Å². The topological polar surface area (TPSA) is 140 Å². The molecule has 2 heterocycles. The van der Waals surface area contributed by atoms with Crippen molar-refractivity contribution in [2.24, 2.45) is 0 Å². The molecule has 0 spiro atoms. The van der Waals surface area contributed by atoms with Gasteiger partial charge in [0.1, 0.15) is 10.6 Å². The van der Waals surface area contributed by atoms with E-state index in [4.69, 9.17) is 4.74 Å². The molecule has 1 N–H and O–H groups in total. The Kier molecular flexibility index (Phi) is 6.18. The molecule has 35 heavy (non-hydrogen) atoms. The van der Waals surface area contributed by atoms with Gasteiger partial charge in [-0.3, -0.25) is 24.6 Å². The number of anilines is 1. The van der Waals surface area contributed by atoms with Crippen molar-refractivity contribution in [2.75, 3.05) is 12.0 Å². The number of non-ortho nitro benzene ring substituents is 1. The number of aliphatic hydroxyl groups excluding tert-OH is 1. The molecule has 2 aromatic carbocycles. The maximum Gasteiger partial charge on any atom is 0.350 e. The van der Waals surface area contributed by atoms with E-state index in [0.29, 0.717) is 5.56 Å². The lowest BCUT2D eigenvalue weighted by atomic mass is 9.95. The van der Waals surface area contributed by atoms with Crippen LogP contribution in [-0.2, 0) is 14.3 Å². The molecule has 1 unspecified atom stereocenters. The van der Waals surface area contributed by atoms with E-state index >= 15 is 0 Å². The molecule has 0 bridgehead atoms. The van der Waals surface area contributed by atoms with Gasteiger partial charge in [0, 0.05) is 17.7 Å². The second-order valence-corrected chi connectivity index (χ2v) is 8.77. The predicted molar refractivity (Wildman–Crippen MR) is 127 cm³/mol. The van der Waals surface area contributed by atoms with Crippen LogP contribution in [0.1, 0.15) is 38.1 Å². The highest BCUT2D eigenvalue weighted by molar-refractivity contribution is 7.17. The Bertz CT molecular complexity index is 1410. The second kappa shape index (κ2) is 9.11. The first-order chi connectivity index (χ1) is 16.6. The maximum absolute atomic E-state index is 13.2. The Balaban J connectivity index is 1.96. The zero-order valence-corrected chi connectivity index (χ0v) is 19.7. The number of methoxy groups -OCH3 is 1. The number of carbonyl (C=O) groups is 3. The molecule has 1 atom stereocenters. The lowest BCUT2D eigenvalue weighted by molar-refractivity contribution is -0.384. The summed E-state index contributed by atoms with van der Waals surface area (Å²) in [5, 5.41) is 22.5. The summed E-state index contributed by atoms with van der Waals surface area (Å²) in [6, 6.07) is 10.9. The fourth-order valence-corrected chi connectivity index (χ4v) is 4.80. The summed E-state index contributed by atoms with van der Waals surface area (Å²) < 4.78 is 4.76. The van der Waals surface area contributed by atoms with Crippen molar-refractivity contribution in [3.8, 4) is 0 Å². The SMILES string of the molecule is COC(=O)c1sc(N2C(=O)C(=O)/C(=C(/O)c3ccc(C)cc3)C2c2cccc([N+](=O)[O-])c2)nc1C. The quantitative estimate of drug-likeness (QED) is 0.140. The van der Waals surface area contributed by atoms with Crippen LogP contribution in [0.3, 0.4) is 0 Å². The number of esters is 1. The second-order valence-electron chi connectivity index (χ2n) is 7.79. The van der Waals surface area contributed by atoms with Crippen molar-refractivity contribution in [3.63, 3.8) is 0 Å². The number of thiazole rings is 1. The van der Waals surface area contributed by atoms with Crippen molar-refractivity contribution in [1.82, 2.24) is 4.98 Å². The number of aryl methyl sites for hydroxylation is 2. The van der Waals surface area contributed by atoms with E-state index in [1.54, 1.807) is 31.2 Å². The Hall–Kier alpha value is -4.38. The van der Waals surface area contributed by atoms with Crippen LogP contribution in [0.2, 0.25) is 0 Å². The van der Waals surface area contributed by atoms with Crippen LogP contribution in [0.4, 0.5) is 10.8 Å². The van der Waals surface area contributed by atoms with Crippen molar-refractivity contribution >= 4 is 45.6 Å². The first-order valence-corrected chi connectivity index (χ1v) is 11.1. The number of carbonyl (C=O) groups excluding carboxylic acids is 3. The molecule has 10 nitrogen and oxygen atoms in total. The van der Waals surface area contributed by atoms with Crippen LogP contribution < -0.4 is 4.90 Å². The zero-order valence-electron chi connectivity index (χ0n) is 18.8. The largest absolute Gasteiger partial charge is 0.507 e. The van der Waals surface area contributed by atoms with Crippen LogP contribution in [0.5, 0.6) is 0 Å². The Morgan fingerprint density at radius 3 is 2.49 bits per heavy atom. The van der Waals surface area contributed by atoms with E-state index in [9.17, 15) is 29.6 Å². The number of nitrogens with zero attached hydrogens (tertiary/aromatic N) is 3. The van der Waals surface area contributed by atoms with Crippen molar-refractivity contribution in [3.05, 3.63) is 91.5 Å². The van der Waals surface area contributed by atoms with Gasteiger partial charge in [-0.2, -0.15) is 0 Å². The number of nitro benzene ring substituents is 1. The fraction of sp³-hybridized carbons (Fsp3) is 0.167. The van der Waals surface area contributed by atoms with Gasteiger partial charge in [-0.15, -0.1) is 0 Å². The third kappa shape index (κ3) is 4.17. The Morgan fingerprint density at radius 2 is 1.86 bits per heavy atom. The molecular formula is C24H19N3O7S. The van der Waals surface area contributed by atoms with Crippen molar-refractivity contribution < 1.29 is 29.2 Å². The van der Waals surface area contributed by atoms with Gasteiger partial charge in [-0.05, 0) is 19.4 Å². The molecule has 1 aromatic heterocycles. The predicted octanol–water partition coefficient (Wildman–Crippen LogP) is 4.08. The molecule has 3 aromatic rings. The van der Waals surface area contributed by atoms with E-state index in [-0.39, 0.29) is 32.5 Å². The molecule has 1 aliphatic rings. The summed E-state index contributed by atoms with van der Waals surface area (Å²) in [5.41, 5.74) is 1.23. The number of ketones is 1. The van der Waals surface area contributed by atoms with E-state index in [1.807, 2.05) is 6.92 Å². The molecule has 11 heteroatoms. The number of amides is 1. The molecular weight excluding hydrogens is 474 g/mol. The van der Waals surface area contributed by atoms with E-state index < -0.39 is 34.4 Å². The highest BCUT2D eigenvalue weighted by Crippen LogP contribution is 2.44. The zero-order chi connectivity index (χ0) is 25.4. The fourth-order valence-electron chi connectivity index (χ4n) is 3.79. The normalized spacial score (nSPS) is 17.0. The minimum atomic E-state index is -1.22. The summed E-state index contributed by atoms with van der Waals surface area (Å²) in [4.78, 5) is 54.8. The van der Waals surface area contributed by atoms with Crippen molar-refractivity contribution in [2.45, 2.75) is 19.9 Å². The van der Waals surface area contributed by atoms with Gasteiger partial charge in [0.15, 0.2) is 5.13 Å². The summed E-state index contributed by atoms with van der Waals surface area (Å²) >= 11 is 0.845. The smallest absolute Gasteiger partial charge is 0.350 e. The lowest BCUT2D eigenvalue weighted by Crippen LogP contribution is -2.29. The molecule has 0 radical (unpaired) electrons. The number of rotatable bonds is 5. The number of aliphatic hydroxyl groups is 1. The average Bonchev–Trinajstić information content (AvgIpc) is 3.35. The number of hydrogen-bond acceptors (Lipinski definition) is 9. The molecule has 1 saturated heterocycles. The third-order valence-electron chi connectivity index (χ3n) is 5.53. The van der Waals surface area contributed by atoms with Gasteiger partial charge >= 0.3 is 11.9 Å². The number of aromatic nitrogens is 1. The molecule has 1 amide bonds. The van der Waals surface area contributed by atoms with Gasteiger partial charge in [0.05, 0.1) is 29.3 Å². The van der Waals surface area contributed by atoms with Gasteiger partial charge < -0.3 is 9.84 Å². The Labute approximate surface area is 203 Å². The van der Waals surface area contributed by atoms with Gasteiger partial charge in [0.2, 0.25) is 0 Å². The number of hydrogen-bond donors (Lipinski definition) is 1. The highest BCUT2D eigenvalue weighted by atomic mass is 32.1. The summed E-state index contributed by atoms with van der Waals surface area (Å²) in [5.74, 6) is -3.05. The third-order valence-corrected chi connectivity index (χ3v) is 6.67. The first-order valence-electron chi connectivity index (χ1n) is 10.3. The molecule has 0 saturated carbocycles. The van der Waals surface area contributed by atoms with Gasteiger partial charge in [0.25, 0.3) is 11.5 Å². The molecule has 178 valence electrons. The van der Waals surface area contributed by atoms with E-state index in [2.05, 4.69) is 4.98 Å². The molecule has 0 aliphatic carbocycles. The minimum absolute atomic E-state index is 0.0180.